The number of carboxylic acid groups (broad SMARTS) is 1. The molecule has 1 amide bonds. The van der Waals surface area contributed by atoms with Crippen molar-refractivity contribution in [3.8, 4) is 11.5 Å². The third kappa shape index (κ3) is 6.16. The predicted molar refractivity (Wildman–Crippen MR) is 142 cm³/mol. The van der Waals surface area contributed by atoms with E-state index in [1.54, 1.807) is 0 Å². The summed E-state index contributed by atoms with van der Waals surface area (Å²) in [7, 11) is 1.99. The molecular weight excluding hydrogens is 527 g/mol. The summed E-state index contributed by atoms with van der Waals surface area (Å²) in [5.41, 5.74) is 3.04. The van der Waals surface area contributed by atoms with Crippen LogP contribution in [-0.4, -0.2) is 43.3 Å². The zero-order valence-electron chi connectivity index (χ0n) is 19.5. The second-order valence-corrected chi connectivity index (χ2v) is 9.79. The summed E-state index contributed by atoms with van der Waals surface area (Å²) < 4.78 is 12.0. The van der Waals surface area contributed by atoms with Crippen LogP contribution in [0.3, 0.4) is 0 Å². The first kappa shape index (κ1) is 25.9. The van der Waals surface area contributed by atoms with Crippen molar-refractivity contribution in [3.05, 3.63) is 80.3 Å². The van der Waals surface area contributed by atoms with Crippen molar-refractivity contribution in [2.45, 2.75) is 19.4 Å². The van der Waals surface area contributed by atoms with Gasteiger partial charge in [0.15, 0.2) is 0 Å². The number of ether oxygens (including phenoxy) is 2. The summed E-state index contributed by atoms with van der Waals surface area (Å²) >= 11 is 18.8. The highest BCUT2D eigenvalue weighted by Gasteiger charge is 2.25. The van der Waals surface area contributed by atoms with E-state index >= 15 is 0 Å². The van der Waals surface area contributed by atoms with Gasteiger partial charge in [0.05, 0.1) is 34.3 Å². The van der Waals surface area contributed by atoms with E-state index in [9.17, 15) is 9.59 Å². The van der Waals surface area contributed by atoms with Gasteiger partial charge in [-0.1, -0.05) is 40.9 Å². The molecule has 188 valence electrons. The first-order valence-corrected chi connectivity index (χ1v) is 12.2. The summed E-state index contributed by atoms with van der Waals surface area (Å²) in [5.74, 6) is -0.419. The van der Waals surface area contributed by atoms with Crippen LogP contribution in [0.4, 0.5) is 11.4 Å². The highest BCUT2D eigenvalue weighted by atomic mass is 35.5. The Labute approximate surface area is 223 Å². The number of aliphatic carboxylic acids is 1. The van der Waals surface area contributed by atoms with Gasteiger partial charge in [0.1, 0.15) is 24.2 Å². The molecule has 0 aliphatic carbocycles. The highest BCUT2D eigenvalue weighted by Crippen LogP contribution is 2.35. The van der Waals surface area contributed by atoms with Crippen LogP contribution < -0.4 is 19.7 Å². The number of carbonyl (C=O) groups excluding carboxylic acids is 1. The zero-order valence-corrected chi connectivity index (χ0v) is 21.7. The molecule has 0 saturated heterocycles. The molecule has 0 saturated carbocycles. The van der Waals surface area contributed by atoms with Gasteiger partial charge >= 0.3 is 5.97 Å². The van der Waals surface area contributed by atoms with Crippen LogP contribution in [0, 0.1) is 6.92 Å². The number of likely N-dealkylation sites (N-methyl/N-ethyl adjacent to an activating group) is 1. The van der Waals surface area contributed by atoms with Gasteiger partial charge in [0, 0.05) is 23.8 Å². The number of carboxylic acids is 1. The van der Waals surface area contributed by atoms with Gasteiger partial charge in [-0.2, -0.15) is 0 Å². The Morgan fingerprint density at radius 2 is 1.89 bits per heavy atom. The minimum absolute atomic E-state index is 0.131. The number of aryl methyl sites for hydroxylation is 1. The van der Waals surface area contributed by atoms with Crippen molar-refractivity contribution < 1.29 is 24.2 Å². The Hall–Kier alpha value is -3.13. The van der Waals surface area contributed by atoms with Crippen LogP contribution in [0.15, 0.2) is 48.5 Å². The van der Waals surface area contributed by atoms with Crippen molar-refractivity contribution in [3.63, 3.8) is 0 Å². The fraction of sp³-hybridized carbons (Fsp3) is 0.231. The topological polar surface area (TPSA) is 88.1 Å². The minimum atomic E-state index is -1.01. The maximum Gasteiger partial charge on any atom is 0.307 e. The fourth-order valence-corrected chi connectivity index (χ4v) is 4.65. The SMILES string of the molecule is Cc1ccc2c(c1)O[C@H](COc1cc(Cl)c(C(=O)Nc3cc(Cl)cc(CC(=O)O)c3)cc1Cl)CN2C. The first-order chi connectivity index (χ1) is 17.1. The average molecular weight is 550 g/mol. The predicted octanol–water partition coefficient (Wildman–Crippen LogP) is 6.11. The number of nitrogens with one attached hydrogen (secondary N) is 1. The van der Waals surface area contributed by atoms with Crippen LogP contribution in [0.25, 0.3) is 0 Å². The van der Waals surface area contributed by atoms with E-state index in [0.29, 0.717) is 28.6 Å². The normalized spacial score (nSPS) is 14.6. The molecule has 10 heteroatoms. The van der Waals surface area contributed by atoms with Gasteiger partial charge in [-0.15, -0.1) is 0 Å². The molecule has 3 aromatic carbocycles. The summed E-state index contributed by atoms with van der Waals surface area (Å²) in [6.07, 6.45) is -0.460. The van der Waals surface area contributed by atoms with E-state index in [2.05, 4.69) is 10.2 Å². The number of benzene rings is 3. The van der Waals surface area contributed by atoms with Crippen LogP contribution in [0.2, 0.25) is 15.1 Å². The van der Waals surface area contributed by atoms with E-state index in [1.165, 1.54) is 30.3 Å². The molecule has 7 nitrogen and oxygen atoms in total. The smallest absolute Gasteiger partial charge is 0.307 e. The summed E-state index contributed by atoms with van der Waals surface area (Å²) in [6.45, 7) is 2.87. The van der Waals surface area contributed by atoms with Gasteiger partial charge in [-0.05, 0) is 54.4 Å². The van der Waals surface area contributed by atoms with Gasteiger partial charge in [0.25, 0.3) is 5.91 Å². The van der Waals surface area contributed by atoms with Crippen molar-refractivity contribution in [1.82, 2.24) is 0 Å². The standard InChI is InChI=1S/C26H23Cl3N2O5/c1-14-3-4-22-24(5-14)36-18(12-31(22)2)13-35-23-11-20(28)19(10-21(23)29)26(34)30-17-7-15(8-25(32)33)6-16(27)9-17/h3-7,9-11,18H,8,12-13H2,1-2H3,(H,30,34)(H,32,33)/t18-/m0/s1. The van der Waals surface area contributed by atoms with Crippen LogP contribution in [0.1, 0.15) is 21.5 Å². The number of carbonyl (C=O) groups is 2. The number of amides is 1. The largest absolute Gasteiger partial charge is 0.488 e. The number of rotatable bonds is 7. The lowest BCUT2D eigenvalue weighted by molar-refractivity contribution is -0.136. The monoisotopic (exact) mass is 548 g/mol. The lowest BCUT2D eigenvalue weighted by Gasteiger charge is -2.34. The van der Waals surface area contributed by atoms with Crippen molar-refractivity contribution >= 4 is 58.1 Å². The zero-order chi connectivity index (χ0) is 26.0. The molecule has 1 heterocycles. The third-order valence-electron chi connectivity index (χ3n) is 5.56. The van der Waals surface area contributed by atoms with Gasteiger partial charge in [-0.25, -0.2) is 0 Å². The molecule has 1 aliphatic rings. The van der Waals surface area contributed by atoms with Crippen molar-refractivity contribution in [2.24, 2.45) is 0 Å². The van der Waals surface area contributed by atoms with Gasteiger partial charge in [0.2, 0.25) is 0 Å². The highest BCUT2D eigenvalue weighted by molar-refractivity contribution is 6.37. The van der Waals surface area contributed by atoms with Crippen LogP contribution in [-0.2, 0) is 11.2 Å². The lowest BCUT2D eigenvalue weighted by Crippen LogP contribution is -2.41. The van der Waals surface area contributed by atoms with Crippen LogP contribution in [0.5, 0.6) is 11.5 Å². The minimum Gasteiger partial charge on any atom is -0.488 e. The maximum atomic E-state index is 12.8. The number of anilines is 2. The number of hydrogen-bond donors (Lipinski definition) is 2. The Balaban J connectivity index is 1.44. The van der Waals surface area contributed by atoms with Gasteiger partial charge in [-0.3, -0.25) is 9.59 Å². The molecule has 0 fully saturated rings. The fourth-order valence-electron chi connectivity index (χ4n) is 3.93. The van der Waals surface area contributed by atoms with E-state index in [0.717, 1.165) is 17.0 Å². The summed E-state index contributed by atoms with van der Waals surface area (Å²) in [4.78, 5) is 26.0. The Bertz CT molecular complexity index is 1330. The summed E-state index contributed by atoms with van der Waals surface area (Å²) in [6, 6.07) is 13.5. The number of hydrogen-bond acceptors (Lipinski definition) is 5. The van der Waals surface area contributed by atoms with E-state index < -0.39 is 11.9 Å². The molecule has 4 rings (SSSR count). The van der Waals surface area contributed by atoms with Crippen molar-refractivity contribution in [2.75, 3.05) is 30.4 Å². The first-order valence-electron chi connectivity index (χ1n) is 11.0. The molecule has 0 aromatic heterocycles. The molecule has 2 N–H and O–H groups in total. The third-order valence-corrected chi connectivity index (χ3v) is 6.39. The molecular formula is C26H23Cl3N2O5. The molecule has 0 spiro atoms. The Kier molecular flexibility index (Phi) is 7.83. The Morgan fingerprint density at radius 3 is 2.64 bits per heavy atom. The number of nitrogens with zero attached hydrogens (tertiary/aromatic N) is 1. The van der Waals surface area contributed by atoms with E-state index in [4.69, 9.17) is 49.4 Å². The molecule has 0 bridgehead atoms. The van der Waals surface area contributed by atoms with E-state index in [1.807, 2.05) is 32.2 Å². The Morgan fingerprint density at radius 1 is 1.11 bits per heavy atom. The quantitative estimate of drug-likeness (QED) is 0.370. The second kappa shape index (κ2) is 10.9. The molecule has 0 radical (unpaired) electrons. The number of halogens is 3. The lowest BCUT2D eigenvalue weighted by atomic mass is 10.1. The second-order valence-electron chi connectivity index (χ2n) is 8.54. The molecule has 0 unspecified atom stereocenters. The molecule has 1 atom stereocenters. The average Bonchev–Trinajstić information content (AvgIpc) is 2.78. The summed E-state index contributed by atoms with van der Waals surface area (Å²) in [5, 5.41) is 12.3. The molecule has 36 heavy (non-hydrogen) atoms. The van der Waals surface area contributed by atoms with E-state index in [-0.39, 0.29) is 34.7 Å². The maximum absolute atomic E-state index is 12.8. The van der Waals surface area contributed by atoms with Gasteiger partial charge < -0.3 is 24.8 Å². The van der Waals surface area contributed by atoms with Crippen molar-refractivity contribution in [1.29, 1.82) is 0 Å². The molecule has 1 aliphatic heterocycles. The van der Waals surface area contributed by atoms with Crippen LogP contribution >= 0.6 is 34.8 Å². The number of fused-ring (bicyclic) bond motifs is 1. The molecule has 3 aromatic rings.